The van der Waals surface area contributed by atoms with Crippen molar-refractivity contribution in [2.75, 3.05) is 18.7 Å². The summed E-state index contributed by atoms with van der Waals surface area (Å²) in [5.74, 6) is 6.81. The van der Waals surface area contributed by atoms with Crippen LogP contribution in [0.15, 0.2) is 36.9 Å². The van der Waals surface area contributed by atoms with Crippen LogP contribution in [0.1, 0.15) is 46.3 Å². The van der Waals surface area contributed by atoms with Crippen molar-refractivity contribution in [3.8, 4) is 5.75 Å². The fourth-order valence-corrected chi connectivity index (χ4v) is 5.68. The van der Waals surface area contributed by atoms with E-state index in [1.54, 1.807) is 51.5 Å². The van der Waals surface area contributed by atoms with Crippen LogP contribution in [0.4, 0.5) is 5.82 Å². The predicted molar refractivity (Wildman–Crippen MR) is 147 cm³/mol. The van der Waals surface area contributed by atoms with Gasteiger partial charge in [-0.05, 0) is 57.4 Å². The number of ether oxygens (including phenoxy) is 2. The number of benzene rings is 1. The molecule has 1 aromatic carbocycles. The molecule has 0 radical (unpaired) electrons. The predicted octanol–water partition coefficient (Wildman–Crippen LogP) is 4.11. The molecule has 14 heteroatoms. The smallest absolute Gasteiger partial charge is 0.326 e. The molecule has 3 unspecified atom stereocenters. The van der Waals surface area contributed by atoms with Crippen molar-refractivity contribution in [3.63, 3.8) is 0 Å². The lowest BCUT2D eigenvalue weighted by Crippen LogP contribution is -2.46. The molecule has 210 valence electrons. The monoisotopic (exact) mass is 577 g/mol. The maximum absolute atomic E-state index is 12.7. The number of esters is 1. The fraction of sp³-hybridized carbons (Fsp3) is 0.520. The summed E-state index contributed by atoms with van der Waals surface area (Å²) in [6.07, 6.45) is 5.18. The Balaban J connectivity index is 1.27. The number of carbonyl (C=O) groups is 1. The normalized spacial score (nSPS) is 22.2. The minimum Gasteiger partial charge on any atom is -0.461 e. The number of hydrogen-bond acceptors (Lipinski definition) is 11. The molecule has 3 heterocycles. The van der Waals surface area contributed by atoms with Crippen molar-refractivity contribution in [1.29, 1.82) is 0 Å². The second-order valence-corrected chi connectivity index (χ2v) is 12.0. The summed E-state index contributed by atoms with van der Waals surface area (Å²) in [4.78, 5) is 25.9. The average molecular weight is 578 g/mol. The first-order valence-corrected chi connectivity index (χ1v) is 14.3. The maximum Gasteiger partial charge on any atom is 0.326 e. The molecule has 1 aliphatic carbocycles. The Hall–Kier alpha value is -2.60. The van der Waals surface area contributed by atoms with Gasteiger partial charge in [-0.1, -0.05) is 18.5 Å². The third-order valence-corrected chi connectivity index (χ3v) is 8.21. The molecular weight excluding hydrogens is 545 g/mol. The Bertz CT molecular complexity index is 1300. The zero-order valence-electron chi connectivity index (χ0n) is 22.3. The van der Waals surface area contributed by atoms with Crippen molar-refractivity contribution in [3.05, 3.63) is 41.9 Å². The molecule has 0 amide bonds. The van der Waals surface area contributed by atoms with Crippen molar-refractivity contribution in [2.24, 2.45) is 11.8 Å². The number of fused-ring (bicyclic) bond motifs is 1. The van der Waals surface area contributed by atoms with Crippen LogP contribution in [0.2, 0.25) is 5.02 Å². The highest BCUT2D eigenvalue weighted by atomic mass is 35.5. The first-order chi connectivity index (χ1) is 18.6. The number of imidazole rings is 1. The second-order valence-electron chi connectivity index (χ2n) is 10.4. The third kappa shape index (κ3) is 6.59. The first-order valence-electron chi connectivity index (χ1n) is 12.8. The van der Waals surface area contributed by atoms with Crippen molar-refractivity contribution in [1.82, 2.24) is 24.6 Å². The minimum atomic E-state index is -1.73. The van der Waals surface area contributed by atoms with Crippen LogP contribution in [0.3, 0.4) is 0 Å². The molecule has 2 fully saturated rings. The number of nitrogens with one attached hydrogen (secondary N) is 1. The van der Waals surface area contributed by atoms with Gasteiger partial charge in [0.2, 0.25) is 0 Å². The van der Waals surface area contributed by atoms with E-state index in [9.17, 15) is 4.79 Å². The topological polar surface area (TPSA) is 139 Å². The molecule has 1 saturated carbocycles. The van der Waals surface area contributed by atoms with Gasteiger partial charge in [-0.2, -0.15) is 0 Å². The van der Waals surface area contributed by atoms with Crippen molar-refractivity contribution >= 4 is 43.1 Å². The van der Waals surface area contributed by atoms with E-state index in [1.165, 1.54) is 11.3 Å². The molecular formula is C25H33ClN7O5P. The van der Waals surface area contributed by atoms with Crippen LogP contribution in [0.5, 0.6) is 5.75 Å². The van der Waals surface area contributed by atoms with Gasteiger partial charge in [-0.3, -0.25) is 14.4 Å². The molecule has 39 heavy (non-hydrogen) atoms. The minimum absolute atomic E-state index is 0.000858. The second kappa shape index (κ2) is 11.5. The van der Waals surface area contributed by atoms with Gasteiger partial charge >= 0.3 is 14.5 Å². The summed E-state index contributed by atoms with van der Waals surface area (Å²) < 4.78 is 26.1. The Morgan fingerprint density at radius 2 is 2.03 bits per heavy atom. The lowest BCUT2D eigenvalue weighted by atomic mass is 10.1. The number of carbonyl (C=O) groups excluding carboxylic acids is 1. The zero-order valence-corrected chi connectivity index (χ0v) is 23.9. The van der Waals surface area contributed by atoms with E-state index < -0.39 is 14.1 Å². The van der Waals surface area contributed by atoms with Gasteiger partial charge in [-0.25, -0.2) is 25.9 Å². The summed E-state index contributed by atoms with van der Waals surface area (Å²) in [7, 11) is -0.0318. The Kier molecular flexibility index (Phi) is 8.23. The highest BCUT2D eigenvalue weighted by Gasteiger charge is 2.39. The van der Waals surface area contributed by atoms with E-state index in [1.807, 2.05) is 4.57 Å². The molecule has 1 saturated heterocycles. The summed E-state index contributed by atoms with van der Waals surface area (Å²) in [5.41, 5.74) is 0.222. The van der Waals surface area contributed by atoms with Crippen LogP contribution in [-0.4, -0.2) is 56.9 Å². The number of aromatic nitrogens is 4. The van der Waals surface area contributed by atoms with E-state index in [0.29, 0.717) is 27.8 Å². The SMILES string of the molecule is CC1CC(COP(NC(C)(C)C(=O)OC2CC2)Oc2ccc(Cl)cc2)O[C@H]1n1cnc2c(N(C)N)ncnc21. The van der Waals surface area contributed by atoms with Crippen LogP contribution < -0.4 is 20.5 Å². The Morgan fingerprint density at radius 3 is 2.72 bits per heavy atom. The van der Waals surface area contributed by atoms with E-state index >= 15 is 0 Å². The largest absolute Gasteiger partial charge is 0.461 e. The van der Waals surface area contributed by atoms with Crippen LogP contribution >= 0.6 is 20.1 Å². The molecule has 12 nitrogen and oxygen atoms in total. The number of nitrogens with zero attached hydrogens (tertiary/aromatic N) is 5. The molecule has 2 aromatic heterocycles. The number of rotatable bonds is 11. The number of nitrogens with two attached hydrogens (primary N) is 1. The van der Waals surface area contributed by atoms with Gasteiger partial charge < -0.3 is 18.5 Å². The first kappa shape index (κ1) is 27.9. The summed E-state index contributed by atoms with van der Waals surface area (Å²) in [5, 5.41) is 5.22. The molecule has 0 bridgehead atoms. The van der Waals surface area contributed by atoms with Gasteiger partial charge in [-0.15, -0.1) is 0 Å². The molecule has 4 atom stereocenters. The van der Waals surface area contributed by atoms with Gasteiger partial charge in [0.1, 0.15) is 29.9 Å². The van der Waals surface area contributed by atoms with E-state index in [2.05, 4.69) is 27.0 Å². The van der Waals surface area contributed by atoms with E-state index in [0.717, 1.165) is 19.3 Å². The number of hydrazine groups is 1. The van der Waals surface area contributed by atoms with Crippen LogP contribution in [0.25, 0.3) is 11.2 Å². The molecule has 5 rings (SSSR count). The van der Waals surface area contributed by atoms with Gasteiger partial charge in [0, 0.05) is 18.0 Å². The number of halogens is 1. The fourth-order valence-electron chi connectivity index (χ4n) is 4.23. The summed E-state index contributed by atoms with van der Waals surface area (Å²) in [6, 6.07) is 6.97. The lowest BCUT2D eigenvalue weighted by molar-refractivity contribution is -0.150. The van der Waals surface area contributed by atoms with E-state index in [-0.39, 0.29) is 36.9 Å². The van der Waals surface area contributed by atoms with Crippen LogP contribution in [-0.2, 0) is 18.8 Å². The van der Waals surface area contributed by atoms with Gasteiger partial charge in [0.05, 0.1) is 19.0 Å². The molecule has 1 aliphatic heterocycles. The highest BCUT2D eigenvalue weighted by molar-refractivity contribution is 7.45. The van der Waals surface area contributed by atoms with Crippen molar-refractivity contribution in [2.45, 2.75) is 64.0 Å². The molecule has 3 N–H and O–H groups in total. The maximum atomic E-state index is 12.7. The number of hydrogen-bond donors (Lipinski definition) is 2. The molecule has 2 aliphatic rings. The average Bonchev–Trinajstić information content (AvgIpc) is 3.48. The van der Waals surface area contributed by atoms with E-state index in [4.69, 9.17) is 36.0 Å². The van der Waals surface area contributed by atoms with Crippen LogP contribution in [0, 0.1) is 5.92 Å². The van der Waals surface area contributed by atoms with Gasteiger partial charge in [0.25, 0.3) is 0 Å². The lowest BCUT2D eigenvalue weighted by Gasteiger charge is -2.29. The molecule has 0 spiro atoms. The zero-order chi connectivity index (χ0) is 27.7. The highest BCUT2D eigenvalue weighted by Crippen LogP contribution is 2.42. The summed E-state index contributed by atoms with van der Waals surface area (Å²) >= 11 is 6.03. The number of anilines is 1. The summed E-state index contributed by atoms with van der Waals surface area (Å²) in [6.45, 7) is 5.87. The van der Waals surface area contributed by atoms with Crippen molar-refractivity contribution < 1.29 is 23.3 Å². The quantitative estimate of drug-likeness (QED) is 0.147. The third-order valence-electron chi connectivity index (χ3n) is 6.46. The standard InChI is InChI=1S/C25H33ClN7O5P/c1-15-11-19(36-23(15)33-14-30-20-21(32(4)27)28-13-29-22(20)33)12-35-39(38-18-7-5-16(26)6-8-18)31-25(2,3)24(34)37-17-9-10-17/h5-8,13-15,17,19,23,31H,9-12,27H2,1-4H3/t15?,19?,23-,39?/m1/s1. The van der Waals surface area contributed by atoms with Gasteiger partial charge in [0.15, 0.2) is 17.0 Å². The molecule has 3 aromatic rings. The Morgan fingerprint density at radius 1 is 1.28 bits per heavy atom. The Labute approximate surface area is 233 Å².